The topological polar surface area (TPSA) is 28.2 Å². The number of rotatable bonds is 6. The van der Waals surface area contributed by atoms with Gasteiger partial charge in [-0.15, -0.1) is 0 Å². The number of pyridine rings is 1. The zero-order valence-electron chi connectivity index (χ0n) is 13.2. The molecule has 20 heavy (non-hydrogen) atoms. The van der Waals surface area contributed by atoms with Crippen LogP contribution in [0.25, 0.3) is 0 Å². The van der Waals surface area contributed by atoms with E-state index in [9.17, 15) is 0 Å². The number of nitrogens with zero attached hydrogens (tertiary/aromatic N) is 2. The van der Waals surface area contributed by atoms with E-state index in [1.807, 2.05) is 12.4 Å². The van der Waals surface area contributed by atoms with Crippen molar-refractivity contribution in [2.75, 3.05) is 18.0 Å². The van der Waals surface area contributed by atoms with Crippen molar-refractivity contribution in [1.82, 2.24) is 10.3 Å². The minimum atomic E-state index is 0.351. The molecule has 1 aromatic rings. The van der Waals surface area contributed by atoms with E-state index >= 15 is 0 Å². The van der Waals surface area contributed by atoms with Crippen molar-refractivity contribution < 1.29 is 0 Å². The number of aromatic nitrogens is 1. The lowest BCUT2D eigenvalue weighted by atomic mass is 9.87. The maximum absolute atomic E-state index is 4.10. The Bertz CT molecular complexity index is 370. The first-order chi connectivity index (χ1) is 9.73. The summed E-state index contributed by atoms with van der Waals surface area (Å²) in [7, 11) is 0. The summed E-state index contributed by atoms with van der Waals surface area (Å²) in [5.41, 5.74) is 1.66. The van der Waals surface area contributed by atoms with Crippen LogP contribution in [0.4, 0.5) is 5.69 Å². The van der Waals surface area contributed by atoms with Gasteiger partial charge in [0.15, 0.2) is 0 Å². The van der Waals surface area contributed by atoms with Gasteiger partial charge >= 0.3 is 0 Å². The molecule has 0 atom stereocenters. The quantitative estimate of drug-likeness (QED) is 0.859. The highest BCUT2D eigenvalue weighted by molar-refractivity contribution is 5.44. The van der Waals surface area contributed by atoms with Crippen LogP contribution in [0.15, 0.2) is 24.5 Å². The third-order valence-electron chi connectivity index (χ3n) is 5.06. The summed E-state index contributed by atoms with van der Waals surface area (Å²) < 4.78 is 0. The molecule has 0 saturated carbocycles. The van der Waals surface area contributed by atoms with E-state index < -0.39 is 0 Å². The van der Waals surface area contributed by atoms with Crippen LogP contribution in [0.1, 0.15) is 52.9 Å². The molecule has 1 fully saturated rings. The van der Waals surface area contributed by atoms with Crippen molar-refractivity contribution in [3.8, 4) is 0 Å². The van der Waals surface area contributed by atoms with Gasteiger partial charge in [-0.2, -0.15) is 0 Å². The predicted octanol–water partition coefficient (Wildman–Crippen LogP) is 3.61. The fourth-order valence-corrected chi connectivity index (χ4v) is 3.33. The Balaban J connectivity index is 1.88. The minimum Gasteiger partial charge on any atom is -0.371 e. The lowest BCUT2D eigenvalue weighted by Crippen LogP contribution is -2.53. The first kappa shape index (κ1) is 15.3. The number of hydrogen-bond acceptors (Lipinski definition) is 3. The van der Waals surface area contributed by atoms with Gasteiger partial charge < -0.3 is 10.2 Å². The van der Waals surface area contributed by atoms with Gasteiger partial charge in [-0.05, 0) is 44.2 Å². The molecule has 0 aliphatic carbocycles. The number of anilines is 1. The van der Waals surface area contributed by atoms with Crippen molar-refractivity contribution in [2.45, 2.75) is 64.5 Å². The van der Waals surface area contributed by atoms with E-state index in [0.29, 0.717) is 11.6 Å². The molecule has 0 unspecified atom stereocenters. The fraction of sp³-hybridized carbons (Fsp3) is 0.706. The molecule has 0 amide bonds. The summed E-state index contributed by atoms with van der Waals surface area (Å²) in [5, 5.41) is 3.95. The van der Waals surface area contributed by atoms with Crippen molar-refractivity contribution in [1.29, 1.82) is 0 Å². The SMILES string of the molecule is CCC(CC)(CC)NC1CCN(c2ccncc2)CC1. The highest BCUT2D eigenvalue weighted by Crippen LogP contribution is 2.24. The summed E-state index contributed by atoms with van der Waals surface area (Å²) in [4.78, 5) is 6.58. The zero-order chi connectivity index (χ0) is 14.4. The molecule has 0 radical (unpaired) electrons. The summed E-state index contributed by atoms with van der Waals surface area (Å²) in [6, 6.07) is 4.90. The Morgan fingerprint density at radius 2 is 1.65 bits per heavy atom. The highest BCUT2D eigenvalue weighted by atomic mass is 15.2. The molecule has 1 aliphatic rings. The van der Waals surface area contributed by atoms with Crippen LogP contribution in [0, 0.1) is 0 Å². The molecule has 2 rings (SSSR count). The molecule has 3 nitrogen and oxygen atoms in total. The van der Waals surface area contributed by atoms with Gasteiger partial charge in [0.1, 0.15) is 0 Å². The molecule has 0 bridgehead atoms. The van der Waals surface area contributed by atoms with Crippen molar-refractivity contribution in [3.05, 3.63) is 24.5 Å². The van der Waals surface area contributed by atoms with Crippen LogP contribution in [0.3, 0.4) is 0 Å². The third-order valence-corrected chi connectivity index (χ3v) is 5.06. The lowest BCUT2D eigenvalue weighted by Gasteiger charge is -2.41. The van der Waals surface area contributed by atoms with Gasteiger partial charge in [0.2, 0.25) is 0 Å². The molecular formula is C17H29N3. The predicted molar refractivity (Wildman–Crippen MR) is 86.2 cm³/mol. The first-order valence-electron chi connectivity index (χ1n) is 8.15. The summed E-state index contributed by atoms with van der Waals surface area (Å²) >= 11 is 0. The molecule has 0 aromatic carbocycles. The monoisotopic (exact) mass is 275 g/mol. The van der Waals surface area contributed by atoms with E-state index in [1.165, 1.54) is 37.8 Å². The molecule has 0 spiro atoms. The second-order valence-electron chi connectivity index (χ2n) is 5.95. The van der Waals surface area contributed by atoms with Gasteiger partial charge in [0.05, 0.1) is 0 Å². The largest absolute Gasteiger partial charge is 0.371 e. The van der Waals surface area contributed by atoms with E-state index in [1.54, 1.807) is 0 Å². The molecule has 1 saturated heterocycles. The van der Waals surface area contributed by atoms with Crippen LogP contribution >= 0.6 is 0 Å². The van der Waals surface area contributed by atoms with Crippen LogP contribution in [0.2, 0.25) is 0 Å². The van der Waals surface area contributed by atoms with Gasteiger partial charge in [0, 0.05) is 42.8 Å². The fourth-order valence-electron chi connectivity index (χ4n) is 3.33. The molecule has 3 heteroatoms. The van der Waals surface area contributed by atoms with Gasteiger partial charge in [-0.3, -0.25) is 4.98 Å². The maximum Gasteiger partial charge on any atom is 0.0397 e. The zero-order valence-corrected chi connectivity index (χ0v) is 13.2. The van der Waals surface area contributed by atoms with Crippen molar-refractivity contribution in [2.24, 2.45) is 0 Å². The number of piperidine rings is 1. The average molecular weight is 275 g/mol. The third kappa shape index (κ3) is 3.51. The summed E-state index contributed by atoms with van der Waals surface area (Å²) in [6.45, 7) is 9.23. The van der Waals surface area contributed by atoms with E-state index in [0.717, 1.165) is 13.1 Å². The van der Waals surface area contributed by atoms with Crippen LogP contribution < -0.4 is 10.2 Å². The van der Waals surface area contributed by atoms with E-state index in [2.05, 4.69) is 48.1 Å². The van der Waals surface area contributed by atoms with E-state index in [4.69, 9.17) is 0 Å². The standard InChI is InChI=1S/C17H29N3/c1-4-17(5-2,6-3)19-15-9-13-20(14-10-15)16-7-11-18-12-8-16/h7-8,11-12,15,19H,4-6,9-10,13-14H2,1-3H3. The first-order valence-corrected chi connectivity index (χ1v) is 8.15. The summed E-state index contributed by atoms with van der Waals surface area (Å²) in [6.07, 6.45) is 9.93. The Kier molecular flexibility index (Phi) is 5.41. The Morgan fingerprint density at radius 1 is 1.10 bits per heavy atom. The number of nitrogens with one attached hydrogen (secondary N) is 1. The molecular weight excluding hydrogens is 246 g/mol. The van der Waals surface area contributed by atoms with E-state index in [-0.39, 0.29) is 0 Å². The van der Waals surface area contributed by atoms with Gasteiger partial charge in [0.25, 0.3) is 0 Å². The Hall–Kier alpha value is -1.09. The van der Waals surface area contributed by atoms with Crippen LogP contribution in [-0.2, 0) is 0 Å². The molecule has 112 valence electrons. The Morgan fingerprint density at radius 3 is 2.15 bits per heavy atom. The van der Waals surface area contributed by atoms with Crippen molar-refractivity contribution >= 4 is 5.69 Å². The van der Waals surface area contributed by atoms with Crippen LogP contribution in [0.5, 0.6) is 0 Å². The second-order valence-corrected chi connectivity index (χ2v) is 5.95. The maximum atomic E-state index is 4.10. The summed E-state index contributed by atoms with van der Waals surface area (Å²) in [5.74, 6) is 0. The smallest absolute Gasteiger partial charge is 0.0397 e. The Labute approximate surface area is 123 Å². The molecule has 2 heterocycles. The van der Waals surface area contributed by atoms with Gasteiger partial charge in [-0.1, -0.05) is 20.8 Å². The van der Waals surface area contributed by atoms with Crippen molar-refractivity contribution in [3.63, 3.8) is 0 Å². The molecule has 1 aromatic heterocycles. The molecule has 1 N–H and O–H groups in total. The highest BCUT2D eigenvalue weighted by Gasteiger charge is 2.28. The number of hydrogen-bond donors (Lipinski definition) is 1. The normalized spacial score (nSPS) is 17.4. The lowest BCUT2D eigenvalue weighted by molar-refractivity contribution is 0.235. The van der Waals surface area contributed by atoms with Crippen LogP contribution in [-0.4, -0.2) is 29.7 Å². The minimum absolute atomic E-state index is 0.351. The average Bonchev–Trinajstić information content (AvgIpc) is 2.54. The molecule has 1 aliphatic heterocycles. The van der Waals surface area contributed by atoms with Gasteiger partial charge in [-0.25, -0.2) is 0 Å². The second kappa shape index (κ2) is 7.07.